The lowest BCUT2D eigenvalue weighted by Crippen LogP contribution is -2.11. The molecule has 0 aliphatic carbocycles. The number of nitrogens with zero attached hydrogens (tertiary/aromatic N) is 1. The van der Waals surface area contributed by atoms with E-state index in [2.05, 4.69) is 10.3 Å². The number of anilines is 1. The minimum Gasteiger partial charge on any atom is -0.377 e. The Hall–Kier alpha value is -2.03. The molecule has 0 saturated carbocycles. The third-order valence-electron chi connectivity index (χ3n) is 3.92. The van der Waals surface area contributed by atoms with Crippen LogP contribution in [0, 0.1) is 11.6 Å². The molecule has 4 nitrogen and oxygen atoms in total. The Kier molecular flexibility index (Phi) is 5.78. The Morgan fingerprint density at radius 2 is 1.96 bits per heavy atom. The largest absolute Gasteiger partial charge is 0.377 e. The maximum atomic E-state index is 14.7. The first-order chi connectivity index (χ1) is 12.8. The van der Waals surface area contributed by atoms with Crippen LogP contribution in [-0.4, -0.2) is 13.4 Å². The van der Waals surface area contributed by atoms with Crippen molar-refractivity contribution in [3.63, 3.8) is 0 Å². The predicted molar refractivity (Wildman–Crippen MR) is 103 cm³/mol. The fraction of sp³-hybridized carbons (Fsp3) is 0.167. The van der Waals surface area contributed by atoms with E-state index in [1.807, 2.05) is 0 Å². The summed E-state index contributed by atoms with van der Waals surface area (Å²) in [4.78, 5) is 3.42. The topological polar surface area (TPSA) is 59.1 Å². The molecular formula is C18H15ClF2N2O2S2. The van der Waals surface area contributed by atoms with Crippen molar-refractivity contribution in [3.8, 4) is 0 Å². The molecule has 0 unspecified atom stereocenters. The van der Waals surface area contributed by atoms with Crippen molar-refractivity contribution in [3.05, 3.63) is 75.2 Å². The summed E-state index contributed by atoms with van der Waals surface area (Å²) in [5.74, 6) is -1.85. The molecule has 0 spiro atoms. The van der Waals surface area contributed by atoms with Crippen molar-refractivity contribution < 1.29 is 17.2 Å². The highest BCUT2D eigenvalue weighted by atomic mass is 35.5. The molecule has 0 radical (unpaired) electrons. The van der Waals surface area contributed by atoms with E-state index in [-0.39, 0.29) is 10.7 Å². The van der Waals surface area contributed by atoms with Gasteiger partial charge in [-0.05, 0) is 25.1 Å². The van der Waals surface area contributed by atoms with Crippen LogP contribution in [0.3, 0.4) is 0 Å². The van der Waals surface area contributed by atoms with Crippen molar-refractivity contribution >= 4 is 38.5 Å². The Morgan fingerprint density at radius 1 is 1.22 bits per heavy atom. The van der Waals surface area contributed by atoms with Crippen LogP contribution in [0.1, 0.15) is 23.5 Å². The van der Waals surface area contributed by atoms with Gasteiger partial charge in [0.1, 0.15) is 26.5 Å². The van der Waals surface area contributed by atoms with Crippen LogP contribution in [0.4, 0.5) is 14.5 Å². The lowest BCUT2D eigenvalue weighted by Gasteiger charge is -2.18. The van der Waals surface area contributed by atoms with Gasteiger partial charge < -0.3 is 5.32 Å². The first-order valence-corrected chi connectivity index (χ1v) is 10.8. The van der Waals surface area contributed by atoms with Crippen LogP contribution >= 0.6 is 22.9 Å². The highest BCUT2D eigenvalue weighted by Crippen LogP contribution is 2.33. The van der Waals surface area contributed by atoms with Gasteiger partial charge in [0.25, 0.3) is 0 Å². The summed E-state index contributed by atoms with van der Waals surface area (Å²) in [5, 5.41) is 4.56. The second-order valence-electron chi connectivity index (χ2n) is 5.81. The Bertz CT molecular complexity index is 1060. The smallest absolute Gasteiger partial charge is 0.187 e. The Balaban J connectivity index is 1.88. The average Bonchev–Trinajstić information content (AvgIpc) is 3.11. The highest BCUT2D eigenvalue weighted by molar-refractivity contribution is 7.90. The second-order valence-corrected chi connectivity index (χ2v) is 9.13. The summed E-state index contributed by atoms with van der Waals surface area (Å²) < 4.78 is 53.5. The van der Waals surface area contributed by atoms with Crippen molar-refractivity contribution in [2.45, 2.75) is 23.6 Å². The van der Waals surface area contributed by atoms with Crippen LogP contribution in [0.2, 0.25) is 5.02 Å². The van der Waals surface area contributed by atoms with E-state index in [0.717, 1.165) is 6.07 Å². The third-order valence-corrected chi connectivity index (χ3v) is 6.89. The van der Waals surface area contributed by atoms with Gasteiger partial charge in [-0.3, -0.25) is 0 Å². The van der Waals surface area contributed by atoms with E-state index in [4.69, 9.17) is 11.6 Å². The van der Waals surface area contributed by atoms with Crippen LogP contribution in [0.5, 0.6) is 0 Å². The van der Waals surface area contributed by atoms with E-state index in [1.54, 1.807) is 30.5 Å². The molecule has 0 aliphatic rings. The second kappa shape index (κ2) is 7.92. The molecule has 0 saturated heterocycles. The lowest BCUT2D eigenvalue weighted by molar-refractivity contribution is 0.566. The minimum atomic E-state index is -3.94. The van der Waals surface area contributed by atoms with Gasteiger partial charge in [0.05, 0.1) is 11.7 Å². The first-order valence-electron chi connectivity index (χ1n) is 7.89. The molecular weight excluding hydrogens is 414 g/mol. The number of nitrogens with one attached hydrogen (secondary N) is 1. The quantitative estimate of drug-likeness (QED) is 0.584. The standard InChI is InChI=1S/C18H15ClF2N2O2S2/c1-11(12-4-2-3-5-13(12)20)23-14-6-7-15(18(21)17(14)19)27(24,25)10-16-22-8-9-26-16/h2-9,11,23H,10H2,1H3/t11-/m0/s1. The van der Waals surface area contributed by atoms with Crippen LogP contribution in [0.15, 0.2) is 52.9 Å². The molecule has 1 atom stereocenters. The number of benzene rings is 2. The highest BCUT2D eigenvalue weighted by Gasteiger charge is 2.25. The van der Waals surface area contributed by atoms with Crippen LogP contribution < -0.4 is 5.32 Å². The van der Waals surface area contributed by atoms with Crippen molar-refractivity contribution in [2.75, 3.05) is 5.32 Å². The minimum absolute atomic E-state index is 0.179. The van der Waals surface area contributed by atoms with Gasteiger partial charge >= 0.3 is 0 Å². The summed E-state index contributed by atoms with van der Waals surface area (Å²) in [7, 11) is -3.94. The molecule has 142 valence electrons. The normalized spacial score (nSPS) is 12.7. The zero-order chi connectivity index (χ0) is 19.6. The number of thiazole rings is 1. The van der Waals surface area contributed by atoms with Gasteiger partial charge in [-0.1, -0.05) is 29.8 Å². The molecule has 0 aliphatic heterocycles. The van der Waals surface area contributed by atoms with Gasteiger partial charge in [0.2, 0.25) is 0 Å². The van der Waals surface area contributed by atoms with Gasteiger partial charge in [-0.25, -0.2) is 22.2 Å². The maximum Gasteiger partial charge on any atom is 0.187 e. The molecule has 0 bridgehead atoms. The summed E-state index contributed by atoms with van der Waals surface area (Å²) in [6, 6.07) is 8.21. The van der Waals surface area contributed by atoms with Gasteiger partial charge in [0.15, 0.2) is 15.7 Å². The van der Waals surface area contributed by atoms with E-state index in [1.165, 1.54) is 29.7 Å². The van der Waals surface area contributed by atoms with Gasteiger partial charge in [-0.2, -0.15) is 0 Å². The van der Waals surface area contributed by atoms with Crippen molar-refractivity contribution in [1.29, 1.82) is 0 Å². The van der Waals surface area contributed by atoms with Gasteiger partial charge in [-0.15, -0.1) is 11.3 Å². The molecule has 1 aromatic heterocycles. The summed E-state index contributed by atoms with van der Waals surface area (Å²) in [5.41, 5.74) is 0.563. The molecule has 9 heteroatoms. The number of aromatic nitrogens is 1. The van der Waals surface area contributed by atoms with Crippen LogP contribution in [0.25, 0.3) is 0 Å². The SMILES string of the molecule is C[C@H](Nc1ccc(S(=O)(=O)Cc2nccs2)c(F)c1Cl)c1ccccc1F. The average molecular weight is 429 g/mol. The molecule has 0 fully saturated rings. The molecule has 3 rings (SSSR count). The Labute approximate surface area is 164 Å². The van der Waals surface area contributed by atoms with E-state index in [9.17, 15) is 17.2 Å². The zero-order valence-electron chi connectivity index (χ0n) is 14.1. The van der Waals surface area contributed by atoms with Crippen molar-refractivity contribution in [2.24, 2.45) is 0 Å². The molecule has 0 amide bonds. The number of rotatable bonds is 6. The molecule has 27 heavy (non-hydrogen) atoms. The molecule has 1 N–H and O–H groups in total. The van der Waals surface area contributed by atoms with E-state index in [0.29, 0.717) is 10.6 Å². The fourth-order valence-electron chi connectivity index (χ4n) is 2.59. The number of hydrogen-bond acceptors (Lipinski definition) is 5. The number of sulfone groups is 1. The summed E-state index contributed by atoms with van der Waals surface area (Å²) >= 11 is 7.22. The summed E-state index contributed by atoms with van der Waals surface area (Å²) in [6.07, 6.45) is 1.48. The number of hydrogen-bond donors (Lipinski definition) is 1. The molecule has 3 aromatic rings. The third kappa shape index (κ3) is 4.28. The molecule has 1 heterocycles. The van der Waals surface area contributed by atoms with Crippen molar-refractivity contribution in [1.82, 2.24) is 4.98 Å². The van der Waals surface area contributed by atoms with Gasteiger partial charge in [0, 0.05) is 17.1 Å². The first kappa shape index (κ1) is 19.7. The maximum absolute atomic E-state index is 14.7. The Morgan fingerprint density at radius 3 is 2.63 bits per heavy atom. The van der Waals surface area contributed by atoms with E-state index >= 15 is 0 Å². The zero-order valence-corrected chi connectivity index (χ0v) is 16.5. The van der Waals surface area contributed by atoms with E-state index < -0.39 is 38.2 Å². The predicted octanol–water partition coefficient (Wildman–Crippen LogP) is 5.22. The number of halogens is 3. The lowest BCUT2D eigenvalue weighted by atomic mass is 10.1. The summed E-state index contributed by atoms with van der Waals surface area (Å²) in [6.45, 7) is 1.69. The molecule has 2 aromatic carbocycles. The van der Waals surface area contributed by atoms with Crippen LogP contribution in [-0.2, 0) is 15.6 Å². The monoisotopic (exact) mass is 428 g/mol. The fourth-order valence-corrected chi connectivity index (χ4v) is 5.20.